The zero-order chi connectivity index (χ0) is 20.2. The highest BCUT2D eigenvalue weighted by Gasteiger charge is 2.23. The molecule has 1 unspecified atom stereocenters. The fourth-order valence-electron chi connectivity index (χ4n) is 2.07. The number of urea groups is 1. The van der Waals surface area contributed by atoms with E-state index in [9.17, 15) is 18.8 Å². The van der Waals surface area contributed by atoms with Gasteiger partial charge in [0, 0.05) is 10.4 Å². The average Bonchev–Trinajstić information content (AvgIpc) is 3.03. The maximum Gasteiger partial charge on any atom is 0.349 e. The molecule has 0 saturated heterocycles. The van der Waals surface area contributed by atoms with E-state index < -0.39 is 29.6 Å². The van der Waals surface area contributed by atoms with Gasteiger partial charge in [-0.3, -0.25) is 10.1 Å². The SMILES string of the molecule is CC(OC(=O)c1ccc(-c2ccc(F)cc2)s1)C(=O)NC(=O)NC(C)(C)C. The number of thiophene rings is 1. The Morgan fingerprint density at radius 2 is 1.70 bits per heavy atom. The molecule has 0 aliphatic rings. The number of benzene rings is 1. The molecule has 0 radical (unpaired) electrons. The minimum absolute atomic E-state index is 0.299. The van der Waals surface area contributed by atoms with Crippen LogP contribution in [0.3, 0.4) is 0 Å². The van der Waals surface area contributed by atoms with Crippen molar-refractivity contribution in [3.05, 3.63) is 47.1 Å². The second kappa shape index (κ2) is 8.30. The molecule has 2 aromatic rings. The largest absolute Gasteiger partial charge is 0.448 e. The van der Waals surface area contributed by atoms with E-state index in [-0.39, 0.29) is 5.82 Å². The minimum Gasteiger partial charge on any atom is -0.448 e. The summed E-state index contributed by atoms with van der Waals surface area (Å²) in [6.45, 7) is 6.70. The van der Waals surface area contributed by atoms with Crippen molar-refractivity contribution in [2.75, 3.05) is 0 Å². The van der Waals surface area contributed by atoms with E-state index in [2.05, 4.69) is 10.6 Å². The van der Waals surface area contributed by atoms with Gasteiger partial charge in [-0.15, -0.1) is 11.3 Å². The van der Waals surface area contributed by atoms with Crippen LogP contribution in [0.5, 0.6) is 0 Å². The highest BCUT2D eigenvalue weighted by molar-refractivity contribution is 7.17. The minimum atomic E-state index is -1.14. The van der Waals surface area contributed by atoms with Crippen LogP contribution in [-0.2, 0) is 9.53 Å². The number of carbonyl (C=O) groups excluding carboxylic acids is 3. The number of imide groups is 1. The fraction of sp³-hybridized carbons (Fsp3) is 0.316. The average molecular weight is 392 g/mol. The molecule has 1 atom stereocenters. The molecule has 0 saturated carbocycles. The molecule has 144 valence electrons. The van der Waals surface area contributed by atoms with Crippen molar-refractivity contribution in [2.24, 2.45) is 0 Å². The molecule has 0 spiro atoms. The molecule has 8 heteroatoms. The van der Waals surface area contributed by atoms with E-state index in [1.165, 1.54) is 30.4 Å². The molecule has 3 amide bonds. The summed E-state index contributed by atoms with van der Waals surface area (Å²) in [6, 6.07) is 8.52. The Labute approximate surface area is 160 Å². The number of halogens is 1. The van der Waals surface area contributed by atoms with E-state index in [1.807, 2.05) is 0 Å². The second-order valence-electron chi connectivity index (χ2n) is 6.91. The number of ether oxygens (including phenoxy) is 1. The summed E-state index contributed by atoms with van der Waals surface area (Å²) in [4.78, 5) is 37.0. The first-order valence-electron chi connectivity index (χ1n) is 8.25. The van der Waals surface area contributed by atoms with Crippen molar-refractivity contribution in [2.45, 2.75) is 39.3 Å². The zero-order valence-corrected chi connectivity index (χ0v) is 16.3. The fourth-order valence-corrected chi connectivity index (χ4v) is 2.97. The number of amides is 3. The molecular weight excluding hydrogens is 371 g/mol. The van der Waals surface area contributed by atoms with Gasteiger partial charge in [0.2, 0.25) is 0 Å². The number of esters is 1. The Morgan fingerprint density at radius 3 is 2.30 bits per heavy atom. The van der Waals surface area contributed by atoms with Gasteiger partial charge in [0.1, 0.15) is 10.7 Å². The lowest BCUT2D eigenvalue weighted by Gasteiger charge is -2.21. The van der Waals surface area contributed by atoms with Crippen LogP contribution in [0.25, 0.3) is 10.4 Å². The van der Waals surface area contributed by atoms with Gasteiger partial charge >= 0.3 is 12.0 Å². The standard InChI is InChI=1S/C19H21FN2O4S/c1-11(16(23)21-18(25)22-19(2,3)4)26-17(24)15-10-9-14(27-15)12-5-7-13(20)8-6-12/h5-11H,1-4H3,(H2,21,22,23,25). The molecule has 27 heavy (non-hydrogen) atoms. The van der Waals surface area contributed by atoms with Gasteiger partial charge in [-0.25, -0.2) is 14.0 Å². The van der Waals surface area contributed by atoms with Gasteiger partial charge in [0.05, 0.1) is 0 Å². The molecule has 1 aromatic heterocycles. The van der Waals surface area contributed by atoms with Gasteiger partial charge in [-0.2, -0.15) is 0 Å². The van der Waals surface area contributed by atoms with Crippen molar-refractivity contribution in [3.63, 3.8) is 0 Å². The van der Waals surface area contributed by atoms with Gasteiger partial charge in [-0.05, 0) is 57.5 Å². The lowest BCUT2D eigenvalue weighted by molar-refractivity contribution is -0.127. The van der Waals surface area contributed by atoms with Crippen molar-refractivity contribution < 1.29 is 23.5 Å². The summed E-state index contributed by atoms with van der Waals surface area (Å²) < 4.78 is 18.1. The molecule has 2 N–H and O–H groups in total. The zero-order valence-electron chi connectivity index (χ0n) is 15.5. The van der Waals surface area contributed by atoms with Crippen molar-refractivity contribution in [1.29, 1.82) is 0 Å². The maximum atomic E-state index is 13.0. The van der Waals surface area contributed by atoms with E-state index in [0.29, 0.717) is 4.88 Å². The smallest absolute Gasteiger partial charge is 0.349 e. The number of hydrogen-bond donors (Lipinski definition) is 2. The molecule has 1 aromatic carbocycles. The third kappa shape index (κ3) is 6.18. The summed E-state index contributed by atoms with van der Waals surface area (Å²) in [5, 5.41) is 4.71. The van der Waals surface area contributed by atoms with Gasteiger partial charge in [0.25, 0.3) is 5.91 Å². The number of hydrogen-bond acceptors (Lipinski definition) is 5. The van der Waals surface area contributed by atoms with E-state index in [0.717, 1.165) is 10.4 Å². The Bertz CT molecular complexity index is 840. The van der Waals surface area contributed by atoms with Crippen molar-refractivity contribution in [3.8, 4) is 10.4 Å². The number of carbonyl (C=O) groups is 3. The topological polar surface area (TPSA) is 84.5 Å². The first kappa shape index (κ1) is 20.6. The Kier molecular flexibility index (Phi) is 6.32. The van der Waals surface area contributed by atoms with Crippen molar-refractivity contribution >= 4 is 29.2 Å². The van der Waals surface area contributed by atoms with E-state index in [4.69, 9.17) is 4.74 Å². The molecule has 0 aliphatic heterocycles. The lowest BCUT2D eigenvalue weighted by atomic mass is 10.1. The Morgan fingerprint density at radius 1 is 1.07 bits per heavy atom. The summed E-state index contributed by atoms with van der Waals surface area (Å²) in [5.41, 5.74) is 0.267. The number of rotatable bonds is 4. The predicted molar refractivity (Wildman–Crippen MR) is 101 cm³/mol. The van der Waals surface area contributed by atoms with Crippen LogP contribution in [-0.4, -0.2) is 29.6 Å². The summed E-state index contributed by atoms with van der Waals surface area (Å²) >= 11 is 1.17. The van der Waals surface area contributed by atoms with E-state index >= 15 is 0 Å². The third-order valence-electron chi connectivity index (χ3n) is 3.31. The summed E-state index contributed by atoms with van der Waals surface area (Å²) in [7, 11) is 0. The van der Waals surface area contributed by atoms with Crippen LogP contribution in [0.15, 0.2) is 36.4 Å². The molecular formula is C19H21FN2O4S. The molecule has 0 bridgehead atoms. The van der Waals surface area contributed by atoms with Crippen LogP contribution >= 0.6 is 11.3 Å². The molecule has 0 aliphatic carbocycles. The van der Waals surface area contributed by atoms with Crippen LogP contribution in [0.4, 0.5) is 9.18 Å². The van der Waals surface area contributed by atoms with Gasteiger partial charge in [0.15, 0.2) is 6.10 Å². The Balaban J connectivity index is 1.95. The normalized spacial score (nSPS) is 12.2. The van der Waals surface area contributed by atoms with Gasteiger partial charge < -0.3 is 10.1 Å². The summed E-state index contributed by atoms with van der Waals surface area (Å²) in [5.74, 6) is -1.74. The van der Waals surface area contributed by atoms with Gasteiger partial charge in [-0.1, -0.05) is 12.1 Å². The van der Waals surface area contributed by atoms with Crippen LogP contribution in [0.2, 0.25) is 0 Å². The lowest BCUT2D eigenvalue weighted by Crippen LogP contribution is -2.50. The van der Waals surface area contributed by atoms with Crippen LogP contribution < -0.4 is 10.6 Å². The maximum absolute atomic E-state index is 13.0. The molecule has 2 rings (SSSR count). The highest BCUT2D eigenvalue weighted by Crippen LogP contribution is 2.28. The van der Waals surface area contributed by atoms with Crippen LogP contribution in [0, 0.1) is 5.82 Å². The monoisotopic (exact) mass is 392 g/mol. The van der Waals surface area contributed by atoms with Crippen LogP contribution in [0.1, 0.15) is 37.4 Å². The second-order valence-corrected chi connectivity index (χ2v) is 8.00. The molecule has 1 heterocycles. The first-order chi connectivity index (χ1) is 12.5. The summed E-state index contributed by atoms with van der Waals surface area (Å²) in [6.07, 6.45) is -1.14. The molecule has 0 fully saturated rings. The van der Waals surface area contributed by atoms with Crippen molar-refractivity contribution in [1.82, 2.24) is 10.6 Å². The first-order valence-corrected chi connectivity index (χ1v) is 9.06. The number of nitrogens with one attached hydrogen (secondary N) is 2. The molecule has 6 nitrogen and oxygen atoms in total. The Hall–Kier alpha value is -2.74. The quantitative estimate of drug-likeness (QED) is 0.777. The highest BCUT2D eigenvalue weighted by atomic mass is 32.1. The van der Waals surface area contributed by atoms with E-state index in [1.54, 1.807) is 45.0 Å². The third-order valence-corrected chi connectivity index (χ3v) is 4.43. The predicted octanol–water partition coefficient (Wildman–Crippen LogP) is 3.72.